The Morgan fingerprint density at radius 2 is 2.07 bits per heavy atom. The van der Waals surface area contributed by atoms with E-state index in [1.807, 2.05) is 43.3 Å². The molecule has 1 aromatic rings. The molecule has 0 spiro atoms. The number of nitrogens with two attached hydrogens (primary N) is 1. The summed E-state index contributed by atoms with van der Waals surface area (Å²) in [6.45, 7) is 1.96. The van der Waals surface area contributed by atoms with E-state index >= 15 is 0 Å². The molecule has 1 rings (SSSR count). The van der Waals surface area contributed by atoms with E-state index in [9.17, 15) is 0 Å². The van der Waals surface area contributed by atoms with Gasteiger partial charge in [-0.3, -0.25) is 5.43 Å². The molecule has 1 aromatic carbocycles. The average molecular weight is 219 g/mol. The molecular formula is C11H13N3S. The van der Waals surface area contributed by atoms with Crippen LogP contribution in [0.15, 0.2) is 41.0 Å². The van der Waals surface area contributed by atoms with Crippen molar-refractivity contribution >= 4 is 29.6 Å². The SMILES string of the molecule is CC(/C=N\NC(N)=S)=C\c1ccccc1. The Hall–Kier alpha value is -1.68. The highest BCUT2D eigenvalue weighted by Crippen LogP contribution is 2.04. The quantitative estimate of drug-likeness (QED) is 0.464. The highest BCUT2D eigenvalue weighted by atomic mass is 32.1. The van der Waals surface area contributed by atoms with Gasteiger partial charge in [-0.05, 0) is 30.3 Å². The zero-order chi connectivity index (χ0) is 11.1. The molecule has 0 amide bonds. The molecule has 0 aromatic heterocycles. The number of thiocarbonyl (C=S) groups is 1. The first kappa shape index (κ1) is 11.4. The van der Waals surface area contributed by atoms with Crippen LogP contribution in [0.5, 0.6) is 0 Å². The van der Waals surface area contributed by atoms with Gasteiger partial charge in [0, 0.05) is 0 Å². The van der Waals surface area contributed by atoms with E-state index in [2.05, 4.69) is 22.7 Å². The summed E-state index contributed by atoms with van der Waals surface area (Å²) >= 11 is 4.61. The fourth-order valence-corrected chi connectivity index (χ4v) is 1.10. The van der Waals surface area contributed by atoms with Crippen molar-refractivity contribution < 1.29 is 0 Å². The number of nitrogens with zero attached hydrogens (tertiary/aromatic N) is 1. The molecule has 3 nitrogen and oxygen atoms in total. The van der Waals surface area contributed by atoms with Gasteiger partial charge in [-0.1, -0.05) is 36.4 Å². The van der Waals surface area contributed by atoms with Crippen LogP contribution in [-0.2, 0) is 0 Å². The van der Waals surface area contributed by atoms with Crippen molar-refractivity contribution in [3.05, 3.63) is 41.5 Å². The van der Waals surface area contributed by atoms with Gasteiger partial charge in [0.25, 0.3) is 0 Å². The zero-order valence-corrected chi connectivity index (χ0v) is 9.29. The van der Waals surface area contributed by atoms with Crippen molar-refractivity contribution in [3.8, 4) is 0 Å². The van der Waals surface area contributed by atoms with E-state index in [0.717, 1.165) is 11.1 Å². The van der Waals surface area contributed by atoms with Crippen LogP contribution in [0.25, 0.3) is 6.08 Å². The lowest BCUT2D eigenvalue weighted by atomic mass is 10.1. The molecule has 0 radical (unpaired) electrons. The normalized spacial score (nSPS) is 11.7. The number of hydrogen-bond donors (Lipinski definition) is 2. The molecule has 15 heavy (non-hydrogen) atoms. The third kappa shape index (κ3) is 4.93. The third-order valence-corrected chi connectivity index (χ3v) is 1.73. The van der Waals surface area contributed by atoms with E-state index in [1.165, 1.54) is 0 Å². The van der Waals surface area contributed by atoms with E-state index in [0.29, 0.717) is 0 Å². The highest BCUT2D eigenvalue weighted by molar-refractivity contribution is 7.80. The van der Waals surface area contributed by atoms with E-state index in [4.69, 9.17) is 5.73 Å². The average Bonchev–Trinajstić information content (AvgIpc) is 2.18. The molecule has 0 fully saturated rings. The fourth-order valence-electron chi connectivity index (χ4n) is 1.05. The van der Waals surface area contributed by atoms with Crippen molar-refractivity contribution in [1.29, 1.82) is 0 Å². The topological polar surface area (TPSA) is 50.4 Å². The Morgan fingerprint density at radius 1 is 1.40 bits per heavy atom. The van der Waals surface area contributed by atoms with Crippen LogP contribution in [0.4, 0.5) is 0 Å². The number of rotatable bonds is 3. The molecule has 0 unspecified atom stereocenters. The Kier molecular flexibility index (Phi) is 4.50. The molecule has 0 aliphatic carbocycles. The first-order chi connectivity index (χ1) is 7.18. The van der Waals surface area contributed by atoms with Crippen LogP contribution in [0.2, 0.25) is 0 Å². The first-order valence-corrected chi connectivity index (χ1v) is 4.91. The lowest BCUT2D eigenvalue weighted by molar-refractivity contribution is 1.04. The molecule has 3 N–H and O–H groups in total. The molecule has 0 bridgehead atoms. The zero-order valence-electron chi connectivity index (χ0n) is 8.47. The van der Waals surface area contributed by atoms with E-state index in [1.54, 1.807) is 6.21 Å². The molecular weight excluding hydrogens is 206 g/mol. The number of allylic oxidation sites excluding steroid dienone is 1. The fraction of sp³-hybridized carbons (Fsp3) is 0.0909. The summed E-state index contributed by atoms with van der Waals surface area (Å²) in [5, 5.41) is 4.02. The van der Waals surface area contributed by atoms with Crippen LogP contribution < -0.4 is 11.2 Å². The number of hydrogen-bond acceptors (Lipinski definition) is 2. The summed E-state index contributed by atoms with van der Waals surface area (Å²) in [4.78, 5) is 0. The summed E-state index contributed by atoms with van der Waals surface area (Å²) < 4.78 is 0. The molecule has 0 heterocycles. The van der Waals surface area contributed by atoms with Crippen molar-refractivity contribution in [2.45, 2.75) is 6.92 Å². The van der Waals surface area contributed by atoms with Crippen LogP contribution >= 0.6 is 12.2 Å². The summed E-state index contributed by atoms with van der Waals surface area (Å²) in [6.07, 6.45) is 3.69. The number of nitrogens with one attached hydrogen (secondary N) is 1. The minimum Gasteiger partial charge on any atom is -0.375 e. The van der Waals surface area contributed by atoms with Gasteiger partial charge in [0.2, 0.25) is 0 Å². The highest BCUT2D eigenvalue weighted by Gasteiger charge is 1.87. The third-order valence-electron chi connectivity index (χ3n) is 1.64. The van der Waals surface area contributed by atoms with Gasteiger partial charge < -0.3 is 5.73 Å². The summed E-state index contributed by atoms with van der Waals surface area (Å²) in [7, 11) is 0. The molecule has 0 saturated carbocycles. The molecule has 78 valence electrons. The van der Waals surface area contributed by atoms with E-state index < -0.39 is 0 Å². The monoisotopic (exact) mass is 219 g/mol. The minimum atomic E-state index is 0.166. The van der Waals surface area contributed by atoms with Gasteiger partial charge in [-0.25, -0.2) is 0 Å². The molecule has 0 aliphatic rings. The maximum absolute atomic E-state index is 5.22. The lowest BCUT2D eigenvalue weighted by Crippen LogP contribution is -2.23. The molecule has 0 aliphatic heterocycles. The van der Waals surface area contributed by atoms with Crippen LogP contribution in [0.3, 0.4) is 0 Å². The second kappa shape index (κ2) is 5.93. The van der Waals surface area contributed by atoms with Crippen LogP contribution in [0.1, 0.15) is 12.5 Å². The van der Waals surface area contributed by atoms with E-state index in [-0.39, 0.29) is 5.11 Å². The Bertz CT molecular complexity index is 382. The Balaban J connectivity index is 2.61. The van der Waals surface area contributed by atoms with Crippen LogP contribution in [-0.4, -0.2) is 11.3 Å². The van der Waals surface area contributed by atoms with Crippen molar-refractivity contribution in [1.82, 2.24) is 5.43 Å². The maximum Gasteiger partial charge on any atom is 0.184 e. The van der Waals surface area contributed by atoms with Gasteiger partial charge in [-0.15, -0.1) is 0 Å². The second-order valence-electron chi connectivity index (χ2n) is 3.03. The Morgan fingerprint density at radius 3 is 2.67 bits per heavy atom. The number of hydrazone groups is 1. The minimum absolute atomic E-state index is 0.166. The van der Waals surface area contributed by atoms with Crippen molar-refractivity contribution in [2.75, 3.05) is 0 Å². The summed E-state index contributed by atoms with van der Waals surface area (Å²) in [5.74, 6) is 0. The number of benzene rings is 1. The van der Waals surface area contributed by atoms with Crippen LogP contribution in [0, 0.1) is 0 Å². The largest absolute Gasteiger partial charge is 0.375 e. The first-order valence-electron chi connectivity index (χ1n) is 4.50. The maximum atomic E-state index is 5.22. The van der Waals surface area contributed by atoms with Gasteiger partial charge in [0.15, 0.2) is 5.11 Å². The second-order valence-corrected chi connectivity index (χ2v) is 3.47. The molecule has 4 heteroatoms. The summed E-state index contributed by atoms with van der Waals surface area (Å²) in [6, 6.07) is 10.0. The van der Waals surface area contributed by atoms with Gasteiger partial charge in [0.05, 0.1) is 6.21 Å². The molecule has 0 atom stereocenters. The predicted molar refractivity (Wildman–Crippen MR) is 68.5 cm³/mol. The van der Waals surface area contributed by atoms with Gasteiger partial charge >= 0.3 is 0 Å². The lowest BCUT2D eigenvalue weighted by Gasteiger charge is -1.95. The van der Waals surface area contributed by atoms with Crippen molar-refractivity contribution in [3.63, 3.8) is 0 Å². The Labute approximate surface area is 94.7 Å². The molecule has 0 saturated heterocycles. The summed E-state index contributed by atoms with van der Waals surface area (Å²) in [5.41, 5.74) is 9.87. The van der Waals surface area contributed by atoms with Gasteiger partial charge in [0.1, 0.15) is 0 Å². The smallest absolute Gasteiger partial charge is 0.184 e. The standard InChI is InChI=1S/C11H13N3S/c1-9(8-13-14-11(12)15)7-10-5-3-2-4-6-10/h2-8H,1H3,(H3,12,14,15)/b9-7+,13-8-. The van der Waals surface area contributed by atoms with Gasteiger partial charge in [-0.2, -0.15) is 5.10 Å². The predicted octanol–water partition coefficient (Wildman–Crippen LogP) is 1.91. The van der Waals surface area contributed by atoms with Crippen molar-refractivity contribution in [2.24, 2.45) is 10.8 Å².